The number of rotatable bonds is 3. The summed E-state index contributed by atoms with van der Waals surface area (Å²) in [7, 11) is 0. The second kappa shape index (κ2) is 6.10. The number of benzene rings is 1. The van der Waals surface area contributed by atoms with Gasteiger partial charge in [0.25, 0.3) is 0 Å². The molecule has 0 bridgehead atoms. The van der Waals surface area contributed by atoms with Crippen molar-refractivity contribution in [3.63, 3.8) is 0 Å². The highest BCUT2D eigenvalue weighted by Crippen LogP contribution is 2.29. The summed E-state index contributed by atoms with van der Waals surface area (Å²) in [4.78, 5) is 13.7. The molecular weight excluding hydrogens is 248 g/mol. The molecule has 1 aromatic carbocycles. The number of carbonyl (C=O) groups is 1. The first kappa shape index (κ1) is 13.2. The summed E-state index contributed by atoms with van der Waals surface area (Å²) in [6, 6.07) is 7.92. The quantitative estimate of drug-likeness (QED) is 0.853. The lowest BCUT2D eigenvalue weighted by molar-refractivity contribution is -0.113. The van der Waals surface area contributed by atoms with E-state index in [9.17, 15) is 4.79 Å². The highest BCUT2D eigenvalue weighted by molar-refractivity contribution is 6.29. The van der Waals surface area contributed by atoms with E-state index in [1.54, 1.807) is 0 Å². The molecule has 1 amide bonds. The van der Waals surface area contributed by atoms with Crippen molar-refractivity contribution in [1.29, 1.82) is 0 Å². The standard InChI is InChI=1S/C14H19ClN2O/c1-11-6-8-17(9-7-11)13-5-3-2-4-12(13)16-14(18)10-15/h2-5,11H,6-10H2,1H3,(H,16,18). The summed E-state index contributed by atoms with van der Waals surface area (Å²) in [6.45, 7) is 4.39. The predicted octanol–water partition coefficient (Wildman–Crippen LogP) is 3.10. The van der Waals surface area contributed by atoms with Gasteiger partial charge in [-0.2, -0.15) is 0 Å². The number of nitrogens with one attached hydrogen (secondary N) is 1. The Morgan fingerprint density at radius 2 is 2.06 bits per heavy atom. The molecule has 0 radical (unpaired) electrons. The van der Waals surface area contributed by atoms with E-state index in [1.165, 1.54) is 12.8 Å². The van der Waals surface area contributed by atoms with Crippen LogP contribution in [0, 0.1) is 5.92 Å². The number of piperidine rings is 1. The number of nitrogens with zero attached hydrogens (tertiary/aromatic N) is 1. The fraction of sp³-hybridized carbons (Fsp3) is 0.500. The summed E-state index contributed by atoms with van der Waals surface area (Å²) in [5, 5.41) is 2.86. The van der Waals surface area contributed by atoms with Gasteiger partial charge in [0.05, 0.1) is 11.4 Å². The molecule has 1 N–H and O–H groups in total. The van der Waals surface area contributed by atoms with E-state index < -0.39 is 0 Å². The Labute approximate surface area is 113 Å². The third kappa shape index (κ3) is 3.16. The van der Waals surface area contributed by atoms with E-state index in [2.05, 4.69) is 23.2 Å². The number of anilines is 2. The average molecular weight is 267 g/mol. The minimum Gasteiger partial charge on any atom is -0.370 e. The molecule has 98 valence electrons. The van der Waals surface area contributed by atoms with Gasteiger partial charge >= 0.3 is 0 Å². The van der Waals surface area contributed by atoms with Crippen molar-refractivity contribution in [2.75, 3.05) is 29.2 Å². The van der Waals surface area contributed by atoms with Crippen molar-refractivity contribution in [3.8, 4) is 0 Å². The molecule has 1 heterocycles. The van der Waals surface area contributed by atoms with Gasteiger partial charge in [0.2, 0.25) is 5.91 Å². The van der Waals surface area contributed by atoms with Gasteiger partial charge < -0.3 is 10.2 Å². The van der Waals surface area contributed by atoms with E-state index in [-0.39, 0.29) is 11.8 Å². The van der Waals surface area contributed by atoms with E-state index in [0.717, 1.165) is 30.4 Å². The van der Waals surface area contributed by atoms with Crippen molar-refractivity contribution in [2.45, 2.75) is 19.8 Å². The second-order valence-corrected chi connectivity index (χ2v) is 5.14. The van der Waals surface area contributed by atoms with E-state index >= 15 is 0 Å². The second-order valence-electron chi connectivity index (χ2n) is 4.87. The molecule has 1 saturated heterocycles. The van der Waals surface area contributed by atoms with Crippen molar-refractivity contribution in [1.82, 2.24) is 0 Å². The third-order valence-corrected chi connectivity index (χ3v) is 3.67. The Hall–Kier alpha value is -1.22. The molecule has 0 atom stereocenters. The zero-order chi connectivity index (χ0) is 13.0. The van der Waals surface area contributed by atoms with Gasteiger partial charge in [0, 0.05) is 13.1 Å². The van der Waals surface area contributed by atoms with Crippen LogP contribution in [0.5, 0.6) is 0 Å². The van der Waals surface area contributed by atoms with Crippen molar-refractivity contribution < 1.29 is 4.79 Å². The molecule has 0 aromatic heterocycles. The maximum atomic E-state index is 11.4. The molecule has 1 aliphatic heterocycles. The smallest absolute Gasteiger partial charge is 0.239 e. The monoisotopic (exact) mass is 266 g/mol. The van der Waals surface area contributed by atoms with Gasteiger partial charge in [-0.25, -0.2) is 0 Å². The maximum Gasteiger partial charge on any atom is 0.239 e. The average Bonchev–Trinajstić information content (AvgIpc) is 2.40. The number of carbonyl (C=O) groups excluding carboxylic acids is 1. The number of hydrogen-bond donors (Lipinski definition) is 1. The molecule has 0 spiro atoms. The van der Waals surface area contributed by atoms with Crippen LogP contribution in [-0.4, -0.2) is 24.9 Å². The topological polar surface area (TPSA) is 32.3 Å². The minimum absolute atomic E-state index is 0.00856. The summed E-state index contributed by atoms with van der Waals surface area (Å²) < 4.78 is 0. The molecule has 0 unspecified atom stereocenters. The molecule has 0 saturated carbocycles. The van der Waals surface area contributed by atoms with Crippen molar-refractivity contribution in [2.24, 2.45) is 5.92 Å². The summed E-state index contributed by atoms with van der Waals surface area (Å²) in [6.07, 6.45) is 2.41. The third-order valence-electron chi connectivity index (χ3n) is 3.42. The van der Waals surface area contributed by atoms with Crippen LogP contribution in [-0.2, 0) is 4.79 Å². The van der Waals surface area contributed by atoms with E-state index in [1.807, 2.05) is 18.2 Å². The van der Waals surface area contributed by atoms with Crippen LogP contribution < -0.4 is 10.2 Å². The Morgan fingerprint density at radius 1 is 1.39 bits per heavy atom. The fourth-order valence-corrected chi connectivity index (χ4v) is 2.36. The molecule has 1 aliphatic rings. The molecular formula is C14H19ClN2O. The van der Waals surface area contributed by atoms with Gasteiger partial charge in [-0.1, -0.05) is 19.1 Å². The van der Waals surface area contributed by atoms with Crippen LogP contribution in [0.4, 0.5) is 11.4 Å². The van der Waals surface area contributed by atoms with Crippen LogP contribution in [0.3, 0.4) is 0 Å². The van der Waals surface area contributed by atoms with E-state index in [0.29, 0.717) is 0 Å². The van der Waals surface area contributed by atoms with Gasteiger partial charge in [-0.15, -0.1) is 11.6 Å². The fourth-order valence-electron chi connectivity index (χ4n) is 2.29. The lowest BCUT2D eigenvalue weighted by Gasteiger charge is -2.33. The van der Waals surface area contributed by atoms with Crippen LogP contribution >= 0.6 is 11.6 Å². The number of hydrogen-bond acceptors (Lipinski definition) is 2. The lowest BCUT2D eigenvalue weighted by Crippen LogP contribution is -2.33. The molecule has 1 aromatic rings. The SMILES string of the molecule is CC1CCN(c2ccccc2NC(=O)CCl)CC1. The molecule has 1 fully saturated rings. The van der Waals surface area contributed by atoms with E-state index in [4.69, 9.17) is 11.6 Å². The first-order valence-corrected chi connectivity index (χ1v) is 6.94. The predicted molar refractivity (Wildman–Crippen MR) is 76.4 cm³/mol. The number of halogens is 1. The first-order valence-electron chi connectivity index (χ1n) is 6.40. The lowest BCUT2D eigenvalue weighted by atomic mass is 9.98. The number of para-hydroxylation sites is 2. The Bertz CT molecular complexity index is 414. The molecule has 18 heavy (non-hydrogen) atoms. The number of amides is 1. The number of alkyl halides is 1. The molecule has 3 nitrogen and oxygen atoms in total. The zero-order valence-corrected chi connectivity index (χ0v) is 11.4. The summed E-state index contributed by atoms with van der Waals surface area (Å²) >= 11 is 5.53. The zero-order valence-electron chi connectivity index (χ0n) is 10.7. The van der Waals surface area contributed by atoms with Gasteiger partial charge in [-0.3, -0.25) is 4.79 Å². The highest BCUT2D eigenvalue weighted by Gasteiger charge is 2.18. The molecule has 2 rings (SSSR count). The van der Waals surface area contributed by atoms with Crippen LogP contribution in [0.1, 0.15) is 19.8 Å². The largest absolute Gasteiger partial charge is 0.370 e. The molecule has 0 aliphatic carbocycles. The van der Waals surface area contributed by atoms with Crippen molar-refractivity contribution in [3.05, 3.63) is 24.3 Å². The Balaban J connectivity index is 2.14. The maximum absolute atomic E-state index is 11.4. The summed E-state index contributed by atoms with van der Waals surface area (Å²) in [5.74, 6) is 0.631. The van der Waals surface area contributed by atoms with Gasteiger partial charge in [0.15, 0.2) is 0 Å². The van der Waals surface area contributed by atoms with Crippen LogP contribution in [0.2, 0.25) is 0 Å². The normalized spacial score (nSPS) is 16.7. The van der Waals surface area contributed by atoms with Gasteiger partial charge in [0.1, 0.15) is 5.88 Å². The van der Waals surface area contributed by atoms with Crippen LogP contribution in [0.25, 0.3) is 0 Å². The summed E-state index contributed by atoms with van der Waals surface area (Å²) in [5.41, 5.74) is 1.96. The first-order chi connectivity index (χ1) is 8.70. The Kier molecular flexibility index (Phi) is 4.48. The van der Waals surface area contributed by atoms with Crippen molar-refractivity contribution >= 4 is 28.9 Å². The van der Waals surface area contributed by atoms with Crippen LogP contribution in [0.15, 0.2) is 24.3 Å². The highest BCUT2D eigenvalue weighted by atomic mass is 35.5. The minimum atomic E-state index is -0.158. The van der Waals surface area contributed by atoms with Gasteiger partial charge in [-0.05, 0) is 30.9 Å². The Morgan fingerprint density at radius 3 is 2.72 bits per heavy atom. The molecule has 4 heteroatoms.